The summed E-state index contributed by atoms with van der Waals surface area (Å²) in [6.45, 7) is 0. The molecular weight excluding hydrogens is 200 g/mol. The van der Waals surface area contributed by atoms with Crippen LogP contribution in [0.5, 0.6) is 0 Å². The Morgan fingerprint density at radius 3 is 2.47 bits per heavy atom. The Morgan fingerprint density at radius 1 is 1.47 bits per heavy atom. The first kappa shape index (κ1) is 11.3. The van der Waals surface area contributed by atoms with E-state index in [0.717, 1.165) is 12.1 Å². The zero-order valence-corrected chi connectivity index (χ0v) is 7.84. The number of benzene rings is 1. The van der Waals surface area contributed by atoms with E-state index in [1.165, 1.54) is 6.07 Å². The van der Waals surface area contributed by atoms with Gasteiger partial charge in [0.05, 0.1) is 11.6 Å². The van der Waals surface area contributed by atoms with Crippen LogP contribution in [0.15, 0.2) is 18.2 Å². The second-order valence-corrected chi connectivity index (χ2v) is 2.98. The summed E-state index contributed by atoms with van der Waals surface area (Å²) in [7, 11) is 0. The van der Waals surface area contributed by atoms with Crippen LogP contribution in [0.4, 0.5) is 8.78 Å². The van der Waals surface area contributed by atoms with Crippen molar-refractivity contribution in [3.63, 3.8) is 0 Å². The van der Waals surface area contributed by atoms with Gasteiger partial charge < -0.3 is 5.73 Å². The smallest absolute Gasteiger partial charge is 0.186 e. The van der Waals surface area contributed by atoms with E-state index < -0.39 is 29.0 Å². The number of Topliss-reactive ketones (excluding diaryl/α,β-unsaturated/α-hetero) is 1. The molecule has 0 amide bonds. The maximum atomic E-state index is 13.1. The molecule has 0 spiro atoms. The molecule has 1 aromatic rings. The topological polar surface area (TPSA) is 43.1 Å². The summed E-state index contributed by atoms with van der Waals surface area (Å²) in [5.74, 6) is -0.497. The van der Waals surface area contributed by atoms with Crippen molar-refractivity contribution in [2.45, 2.75) is 12.5 Å². The molecule has 0 saturated heterocycles. The Hall–Kier alpha value is -1.73. The van der Waals surface area contributed by atoms with Gasteiger partial charge in [-0.3, -0.25) is 4.79 Å². The Labute approximate surface area is 86.1 Å². The number of carbonyl (C=O) groups excluding carboxylic acids is 1. The van der Waals surface area contributed by atoms with Crippen LogP contribution in [0, 0.1) is 24.0 Å². The van der Waals surface area contributed by atoms with Crippen LogP contribution in [0.1, 0.15) is 16.8 Å². The lowest BCUT2D eigenvalue weighted by Gasteiger charge is -2.08. The third kappa shape index (κ3) is 2.39. The lowest BCUT2D eigenvalue weighted by Crippen LogP contribution is -2.31. The predicted octanol–water partition coefficient (Wildman–Crippen LogP) is 1.50. The quantitative estimate of drug-likeness (QED) is 0.605. The molecule has 0 fully saturated rings. The zero-order valence-electron chi connectivity index (χ0n) is 7.84. The highest BCUT2D eigenvalue weighted by Gasteiger charge is 2.22. The van der Waals surface area contributed by atoms with Crippen LogP contribution in [-0.4, -0.2) is 11.8 Å². The minimum absolute atomic E-state index is 0.0490. The van der Waals surface area contributed by atoms with Gasteiger partial charge in [0.2, 0.25) is 0 Å². The Bertz CT molecular complexity index is 403. The standard InChI is InChI=1S/C11H9F2NO/c1-2-4-9(14)11(15)10-7(12)5-3-6-8(10)13/h1,3,5-6,9H,4,14H2. The average molecular weight is 209 g/mol. The van der Waals surface area contributed by atoms with Gasteiger partial charge in [0.1, 0.15) is 11.6 Å². The molecule has 1 unspecified atom stereocenters. The molecule has 0 saturated carbocycles. The van der Waals surface area contributed by atoms with Crippen LogP contribution >= 0.6 is 0 Å². The van der Waals surface area contributed by atoms with Crippen molar-refractivity contribution in [3.8, 4) is 12.3 Å². The molecule has 15 heavy (non-hydrogen) atoms. The monoisotopic (exact) mass is 209 g/mol. The SMILES string of the molecule is C#CCC(N)C(=O)c1c(F)cccc1F. The zero-order chi connectivity index (χ0) is 11.4. The van der Waals surface area contributed by atoms with E-state index in [9.17, 15) is 13.6 Å². The molecule has 1 atom stereocenters. The summed E-state index contributed by atoms with van der Waals surface area (Å²) in [6, 6.07) is 2.10. The van der Waals surface area contributed by atoms with E-state index in [1.807, 2.05) is 0 Å². The van der Waals surface area contributed by atoms with E-state index in [0.29, 0.717) is 0 Å². The molecule has 0 bridgehead atoms. The third-order valence-corrected chi connectivity index (χ3v) is 1.88. The van der Waals surface area contributed by atoms with Gasteiger partial charge in [0.15, 0.2) is 5.78 Å². The maximum absolute atomic E-state index is 13.1. The normalized spacial score (nSPS) is 11.9. The predicted molar refractivity (Wildman–Crippen MR) is 52.1 cm³/mol. The number of ketones is 1. The van der Waals surface area contributed by atoms with Crippen molar-refractivity contribution < 1.29 is 13.6 Å². The van der Waals surface area contributed by atoms with Crippen molar-refractivity contribution in [2.75, 3.05) is 0 Å². The Kier molecular flexibility index (Phi) is 3.53. The van der Waals surface area contributed by atoms with E-state index in [1.54, 1.807) is 0 Å². The molecule has 0 aliphatic carbocycles. The molecule has 0 aromatic heterocycles. The molecule has 0 aliphatic rings. The number of halogens is 2. The minimum Gasteiger partial charge on any atom is -0.320 e. The summed E-state index contributed by atoms with van der Waals surface area (Å²) >= 11 is 0. The first-order chi connectivity index (χ1) is 7.07. The fourth-order valence-electron chi connectivity index (χ4n) is 1.14. The molecule has 2 N–H and O–H groups in total. The summed E-state index contributed by atoms with van der Waals surface area (Å²) in [5, 5.41) is 0. The van der Waals surface area contributed by atoms with Crippen LogP contribution in [0.2, 0.25) is 0 Å². The summed E-state index contributed by atoms with van der Waals surface area (Å²) < 4.78 is 26.3. The Balaban J connectivity index is 3.07. The summed E-state index contributed by atoms with van der Waals surface area (Å²) in [6.07, 6.45) is 4.90. The largest absolute Gasteiger partial charge is 0.320 e. The van der Waals surface area contributed by atoms with Gasteiger partial charge in [0, 0.05) is 6.42 Å². The molecule has 2 nitrogen and oxygen atoms in total. The lowest BCUT2D eigenvalue weighted by atomic mass is 10.0. The summed E-state index contributed by atoms with van der Waals surface area (Å²) in [4.78, 5) is 11.5. The number of hydrogen-bond donors (Lipinski definition) is 1. The lowest BCUT2D eigenvalue weighted by molar-refractivity contribution is 0.0954. The first-order valence-electron chi connectivity index (χ1n) is 4.25. The second-order valence-electron chi connectivity index (χ2n) is 2.98. The van der Waals surface area contributed by atoms with Crippen LogP contribution < -0.4 is 5.73 Å². The number of rotatable bonds is 3. The first-order valence-corrected chi connectivity index (χ1v) is 4.25. The summed E-state index contributed by atoms with van der Waals surface area (Å²) in [5.41, 5.74) is 4.75. The number of hydrogen-bond acceptors (Lipinski definition) is 2. The minimum atomic E-state index is -1.07. The average Bonchev–Trinajstić information content (AvgIpc) is 2.17. The highest BCUT2D eigenvalue weighted by Crippen LogP contribution is 2.14. The number of nitrogens with two attached hydrogens (primary N) is 1. The van der Waals surface area contributed by atoms with Gasteiger partial charge in [-0.1, -0.05) is 6.07 Å². The van der Waals surface area contributed by atoms with Crippen LogP contribution in [0.3, 0.4) is 0 Å². The van der Waals surface area contributed by atoms with Gasteiger partial charge in [-0.25, -0.2) is 8.78 Å². The molecule has 78 valence electrons. The molecule has 0 aliphatic heterocycles. The van der Waals surface area contributed by atoms with Gasteiger partial charge in [-0.05, 0) is 12.1 Å². The van der Waals surface area contributed by atoms with Gasteiger partial charge in [-0.2, -0.15) is 0 Å². The maximum Gasteiger partial charge on any atom is 0.186 e. The highest BCUT2D eigenvalue weighted by molar-refractivity contribution is 6.00. The van der Waals surface area contributed by atoms with Crippen molar-refractivity contribution in [1.29, 1.82) is 0 Å². The molecule has 1 aromatic carbocycles. The molecule has 0 radical (unpaired) electrons. The number of carbonyl (C=O) groups is 1. The fraction of sp³-hybridized carbons (Fsp3) is 0.182. The van der Waals surface area contributed by atoms with Crippen molar-refractivity contribution in [1.82, 2.24) is 0 Å². The fourth-order valence-corrected chi connectivity index (χ4v) is 1.14. The molecule has 1 rings (SSSR count). The number of terminal acetylenes is 1. The van der Waals surface area contributed by atoms with E-state index in [4.69, 9.17) is 12.2 Å². The molecule has 4 heteroatoms. The van der Waals surface area contributed by atoms with E-state index in [2.05, 4.69) is 5.92 Å². The van der Waals surface area contributed by atoms with Crippen molar-refractivity contribution >= 4 is 5.78 Å². The van der Waals surface area contributed by atoms with Gasteiger partial charge in [0.25, 0.3) is 0 Å². The Morgan fingerprint density at radius 2 is 2.00 bits per heavy atom. The van der Waals surface area contributed by atoms with E-state index in [-0.39, 0.29) is 6.42 Å². The van der Waals surface area contributed by atoms with Crippen LogP contribution in [0.25, 0.3) is 0 Å². The van der Waals surface area contributed by atoms with Gasteiger partial charge in [-0.15, -0.1) is 12.3 Å². The van der Waals surface area contributed by atoms with E-state index >= 15 is 0 Å². The molecule has 0 heterocycles. The highest BCUT2D eigenvalue weighted by atomic mass is 19.1. The third-order valence-electron chi connectivity index (χ3n) is 1.88. The molecular formula is C11H9F2NO. The van der Waals surface area contributed by atoms with Gasteiger partial charge >= 0.3 is 0 Å². The van der Waals surface area contributed by atoms with Crippen LogP contribution in [-0.2, 0) is 0 Å². The van der Waals surface area contributed by atoms with Crippen molar-refractivity contribution in [3.05, 3.63) is 35.4 Å². The van der Waals surface area contributed by atoms with Crippen molar-refractivity contribution in [2.24, 2.45) is 5.73 Å². The second kappa shape index (κ2) is 4.67.